The molecule has 0 radical (unpaired) electrons. The maximum Gasteiger partial charge on any atom is 0.265 e. The van der Waals surface area contributed by atoms with Crippen molar-refractivity contribution < 1.29 is 12.8 Å². The van der Waals surface area contributed by atoms with Crippen LogP contribution < -0.4 is 10.5 Å². The highest BCUT2D eigenvalue weighted by Gasteiger charge is 2.19. The van der Waals surface area contributed by atoms with Crippen LogP contribution >= 0.6 is 11.3 Å². The lowest BCUT2D eigenvalue weighted by Gasteiger charge is -2.09. The summed E-state index contributed by atoms with van der Waals surface area (Å²) in [7, 11) is -4.09. The molecular weight excluding hydrogens is 387 g/mol. The van der Waals surface area contributed by atoms with Crippen LogP contribution in [0.5, 0.6) is 0 Å². The minimum atomic E-state index is -4.09. The van der Waals surface area contributed by atoms with Gasteiger partial charge in [-0.25, -0.2) is 22.8 Å². The van der Waals surface area contributed by atoms with E-state index in [0.717, 1.165) is 21.8 Å². The molecule has 9 heteroatoms. The first-order valence-electron chi connectivity index (χ1n) is 7.83. The maximum absolute atomic E-state index is 13.8. The molecule has 3 N–H and O–H groups in total. The van der Waals surface area contributed by atoms with Gasteiger partial charge in [0, 0.05) is 5.56 Å². The summed E-state index contributed by atoms with van der Waals surface area (Å²) in [4.78, 5) is 8.11. The number of nitrogens with zero attached hydrogens (tertiary/aromatic N) is 2. The third-order valence-electron chi connectivity index (χ3n) is 3.81. The molecule has 0 aliphatic rings. The number of anilines is 2. The van der Waals surface area contributed by atoms with Crippen molar-refractivity contribution in [1.82, 2.24) is 9.97 Å². The van der Waals surface area contributed by atoms with Crippen LogP contribution in [0.2, 0.25) is 0 Å². The van der Waals surface area contributed by atoms with Crippen LogP contribution in [0.1, 0.15) is 0 Å². The van der Waals surface area contributed by atoms with Crippen LogP contribution in [-0.4, -0.2) is 18.4 Å². The van der Waals surface area contributed by atoms with Gasteiger partial charge in [0.1, 0.15) is 16.5 Å². The number of pyridine rings is 1. The number of thiazole rings is 1. The van der Waals surface area contributed by atoms with E-state index in [1.165, 1.54) is 35.6 Å². The van der Waals surface area contributed by atoms with E-state index in [1.807, 2.05) is 18.2 Å². The molecule has 0 bridgehead atoms. The number of nitrogens with two attached hydrogens (primary N) is 1. The Bertz CT molecular complexity index is 1260. The molecule has 0 amide bonds. The molecular formula is C18H13FN4O2S2. The van der Waals surface area contributed by atoms with Crippen molar-refractivity contribution in [3.8, 4) is 11.3 Å². The molecule has 0 aliphatic carbocycles. The minimum Gasteiger partial charge on any atom is -0.375 e. The number of rotatable bonds is 4. The fraction of sp³-hybridized carbons (Fsp3) is 0. The van der Waals surface area contributed by atoms with Gasteiger partial charge in [0.05, 0.1) is 15.9 Å². The van der Waals surface area contributed by atoms with E-state index in [2.05, 4.69) is 14.7 Å². The first-order valence-corrected chi connectivity index (χ1v) is 10.1. The van der Waals surface area contributed by atoms with Crippen LogP contribution in [0.4, 0.5) is 15.3 Å². The predicted molar refractivity (Wildman–Crippen MR) is 104 cm³/mol. The van der Waals surface area contributed by atoms with Gasteiger partial charge < -0.3 is 5.73 Å². The zero-order chi connectivity index (χ0) is 19.0. The number of aromatic nitrogens is 2. The zero-order valence-corrected chi connectivity index (χ0v) is 15.4. The fourth-order valence-corrected chi connectivity index (χ4v) is 4.46. The third-order valence-corrected chi connectivity index (χ3v) is 6.05. The molecule has 2 aromatic heterocycles. The first-order chi connectivity index (χ1) is 12.9. The summed E-state index contributed by atoms with van der Waals surface area (Å²) >= 11 is 1.36. The average Bonchev–Trinajstić information content (AvgIpc) is 3.01. The zero-order valence-electron chi connectivity index (χ0n) is 13.8. The van der Waals surface area contributed by atoms with Crippen molar-refractivity contribution in [2.75, 3.05) is 10.5 Å². The monoisotopic (exact) mass is 400 g/mol. The van der Waals surface area contributed by atoms with Crippen molar-refractivity contribution in [2.24, 2.45) is 0 Å². The number of sulfonamides is 1. The lowest BCUT2D eigenvalue weighted by Crippen LogP contribution is -2.15. The summed E-state index contributed by atoms with van der Waals surface area (Å²) in [5.74, 6) is -0.728. The fourth-order valence-electron chi connectivity index (χ4n) is 2.61. The Balaban J connectivity index is 1.68. The van der Waals surface area contributed by atoms with Crippen LogP contribution in [0.15, 0.2) is 65.6 Å². The highest BCUT2D eigenvalue weighted by Crippen LogP contribution is 2.29. The molecule has 136 valence electrons. The van der Waals surface area contributed by atoms with Crippen LogP contribution in [-0.2, 0) is 10.0 Å². The Labute approximate surface area is 158 Å². The smallest absolute Gasteiger partial charge is 0.265 e. The standard InChI is InChI=1S/C18H13FN4O2S2/c19-12-4-1-2-6-16(12)27(24,25)23-17-7-3-5-13(21-17)11-8-9-14-15(10-11)26-18(20)22-14/h1-10H,(H2,20,22)(H,21,23). The second-order valence-corrected chi connectivity index (χ2v) is 8.39. The van der Waals surface area contributed by atoms with Crippen LogP contribution in [0.3, 0.4) is 0 Å². The Hall–Kier alpha value is -3.04. The quantitative estimate of drug-likeness (QED) is 0.542. The molecule has 4 rings (SSSR count). The highest BCUT2D eigenvalue weighted by atomic mass is 32.2. The SMILES string of the molecule is Nc1nc2ccc(-c3cccc(NS(=O)(=O)c4ccccc4F)n3)cc2s1. The first kappa shape index (κ1) is 17.4. The van der Waals surface area contributed by atoms with E-state index >= 15 is 0 Å². The van der Waals surface area contributed by atoms with Gasteiger partial charge in [-0.05, 0) is 36.4 Å². The van der Waals surface area contributed by atoms with Gasteiger partial charge in [0.15, 0.2) is 5.13 Å². The molecule has 0 saturated carbocycles. The lowest BCUT2D eigenvalue weighted by atomic mass is 10.1. The molecule has 0 atom stereocenters. The molecule has 2 heterocycles. The second kappa shape index (κ2) is 6.60. The van der Waals surface area contributed by atoms with Crippen LogP contribution in [0.25, 0.3) is 21.5 Å². The minimum absolute atomic E-state index is 0.0969. The predicted octanol–water partition coefficient (Wildman–Crippen LogP) is 3.88. The molecule has 0 aliphatic heterocycles. The van der Waals surface area contributed by atoms with Crippen molar-refractivity contribution in [1.29, 1.82) is 0 Å². The largest absolute Gasteiger partial charge is 0.375 e. The second-order valence-electron chi connectivity index (χ2n) is 5.68. The number of nitrogens with one attached hydrogen (secondary N) is 1. The molecule has 0 spiro atoms. The maximum atomic E-state index is 13.8. The van der Waals surface area contributed by atoms with E-state index in [1.54, 1.807) is 12.1 Å². The van der Waals surface area contributed by atoms with E-state index in [-0.39, 0.29) is 5.82 Å². The number of nitrogen functional groups attached to an aromatic ring is 1. The van der Waals surface area contributed by atoms with Crippen molar-refractivity contribution in [2.45, 2.75) is 4.90 Å². The lowest BCUT2D eigenvalue weighted by molar-refractivity contribution is 0.570. The summed E-state index contributed by atoms with van der Waals surface area (Å²) < 4.78 is 41.9. The molecule has 27 heavy (non-hydrogen) atoms. The molecule has 0 fully saturated rings. The molecule has 4 aromatic rings. The Morgan fingerprint density at radius 2 is 1.81 bits per heavy atom. The van der Waals surface area contributed by atoms with Crippen molar-refractivity contribution >= 4 is 42.5 Å². The highest BCUT2D eigenvalue weighted by molar-refractivity contribution is 7.92. The average molecular weight is 400 g/mol. The Kier molecular flexibility index (Phi) is 4.25. The molecule has 0 saturated heterocycles. The van der Waals surface area contributed by atoms with Gasteiger partial charge in [-0.3, -0.25) is 4.72 Å². The van der Waals surface area contributed by atoms with Gasteiger partial charge in [-0.1, -0.05) is 35.6 Å². The number of fused-ring (bicyclic) bond motifs is 1. The van der Waals surface area contributed by atoms with E-state index in [0.29, 0.717) is 10.8 Å². The summed E-state index contributed by atoms with van der Waals surface area (Å²) in [6.45, 7) is 0. The van der Waals surface area contributed by atoms with E-state index in [4.69, 9.17) is 5.73 Å². The number of hydrogen-bond donors (Lipinski definition) is 2. The summed E-state index contributed by atoms with van der Waals surface area (Å²) in [5.41, 5.74) is 7.87. The molecule has 6 nitrogen and oxygen atoms in total. The van der Waals surface area contributed by atoms with Gasteiger partial charge in [0.25, 0.3) is 10.0 Å². The normalized spacial score (nSPS) is 11.6. The van der Waals surface area contributed by atoms with E-state index < -0.39 is 20.7 Å². The van der Waals surface area contributed by atoms with Crippen molar-refractivity contribution in [3.63, 3.8) is 0 Å². The van der Waals surface area contributed by atoms with E-state index in [9.17, 15) is 12.8 Å². The third kappa shape index (κ3) is 3.46. The molecule has 0 unspecified atom stereocenters. The van der Waals surface area contributed by atoms with Gasteiger partial charge in [-0.2, -0.15) is 0 Å². The summed E-state index contributed by atoms with van der Waals surface area (Å²) in [6.07, 6.45) is 0. The number of benzene rings is 2. The Morgan fingerprint density at radius 3 is 2.63 bits per heavy atom. The topological polar surface area (TPSA) is 98.0 Å². The van der Waals surface area contributed by atoms with Gasteiger partial charge in [-0.15, -0.1) is 0 Å². The van der Waals surface area contributed by atoms with Gasteiger partial charge >= 0.3 is 0 Å². The summed E-state index contributed by atoms with van der Waals surface area (Å²) in [6, 6.07) is 15.7. The molecule has 2 aromatic carbocycles. The Morgan fingerprint density at radius 1 is 1.00 bits per heavy atom. The van der Waals surface area contributed by atoms with Gasteiger partial charge in [0.2, 0.25) is 0 Å². The number of hydrogen-bond acceptors (Lipinski definition) is 6. The van der Waals surface area contributed by atoms with Crippen molar-refractivity contribution in [3.05, 3.63) is 66.5 Å². The van der Waals surface area contributed by atoms with Crippen LogP contribution in [0, 0.1) is 5.82 Å². The summed E-state index contributed by atoms with van der Waals surface area (Å²) in [5, 5.41) is 0.474. The number of halogens is 1.